The Morgan fingerprint density at radius 3 is 2.91 bits per heavy atom. The lowest BCUT2D eigenvalue weighted by molar-refractivity contribution is -0.143. The molecular weight excluding hydrogens is 294 g/mol. The number of carbonyl (C=O) groups excluding carboxylic acids is 1. The lowest BCUT2D eigenvalue weighted by Gasteiger charge is -2.37. The molecule has 23 heavy (non-hydrogen) atoms. The van der Waals surface area contributed by atoms with Crippen LogP contribution in [0.2, 0.25) is 0 Å². The Labute approximate surface area is 134 Å². The molecular formula is C16H19N5O2. The van der Waals surface area contributed by atoms with Crippen LogP contribution in [0.5, 0.6) is 0 Å². The summed E-state index contributed by atoms with van der Waals surface area (Å²) in [7, 11) is 0. The predicted molar refractivity (Wildman–Crippen MR) is 82.0 cm³/mol. The summed E-state index contributed by atoms with van der Waals surface area (Å²) in [6, 6.07) is 8.05. The molecule has 1 aromatic heterocycles. The normalized spacial score (nSPS) is 23.7. The van der Waals surface area contributed by atoms with Crippen molar-refractivity contribution in [2.75, 3.05) is 13.2 Å². The maximum absolute atomic E-state index is 12.7. The number of carbonyl (C=O) groups is 1. The zero-order chi connectivity index (χ0) is 15.6. The lowest BCUT2D eigenvalue weighted by atomic mass is 10.1. The van der Waals surface area contributed by atoms with Crippen LogP contribution >= 0.6 is 0 Å². The number of nitrogens with zero attached hydrogens (tertiary/aromatic N) is 5. The first-order valence-electron chi connectivity index (χ1n) is 8.04. The molecule has 0 radical (unpaired) electrons. The van der Waals surface area contributed by atoms with E-state index in [1.807, 2.05) is 29.2 Å². The van der Waals surface area contributed by atoms with Crippen molar-refractivity contribution in [3.05, 3.63) is 36.2 Å². The lowest BCUT2D eigenvalue weighted by Crippen LogP contribution is -2.51. The van der Waals surface area contributed by atoms with Gasteiger partial charge in [-0.25, -0.2) is 4.68 Å². The second-order valence-corrected chi connectivity index (χ2v) is 6.09. The van der Waals surface area contributed by atoms with Crippen LogP contribution in [0.1, 0.15) is 24.8 Å². The fourth-order valence-corrected chi connectivity index (χ4v) is 3.56. The highest BCUT2D eigenvalue weighted by Crippen LogP contribution is 2.30. The van der Waals surface area contributed by atoms with E-state index >= 15 is 0 Å². The molecule has 1 saturated heterocycles. The van der Waals surface area contributed by atoms with Crippen LogP contribution in [0, 0.1) is 0 Å². The summed E-state index contributed by atoms with van der Waals surface area (Å²) in [5.74, 6) is 0.195. The Hall–Kier alpha value is -2.28. The van der Waals surface area contributed by atoms with Crippen LogP contribution in [-0.4, -0.2) is 56.3 Å². The molecule has 7 heteroatoms. The Morgan fingerprint density at radius 1 is 1.26 bits per heavy atom. The molecule has 0 N–H and O–H groups in total. The smallest absolute Gasteiger partial charge is 0.227 e. The highest BCUT2D eigenvalue weighted by atomic mass is 16.5. The molecule has 1 aromatic carbocycles. The molecule has 1 aliphatic heterocycles. The molecule has 0 unspecified atom stereocenters. The van der Waals surface area contributed by atoms with Crippen molar-refractivity contribution >= 4 is 5.91 Å². The average Bonchev–Trinajstić information content (AvgIpc) is 3.26. The van der Waals surface area contributed by atoms with Gasteiger partial charge in [0.15, 0.2) is 0 Å². The predicted octanol–water partition coefficient (Wildman–Crippen LogP) is 0.985. The molecule has 1 amide bonds. The zero-order valence-corrected chi connectivity index (χ0v) is 12.8. The van der Waals surface area contributed by atoms with Crippen molar-refractivity contribution in [1.29, 1.82) is 0 Å². The number of morpholine rings is 1. The minimum absolute atomic E-state index is 0.195. The quantitative estimate of drug-likeness (QED) is 0.845. The minimum atomic E-state index is 0.195. The van der Waals surface area contributed by atoms with Crippen molar-refractivity contribution in [3.63, 3.8) is 0 Å². The van der Waals surface area contributed by atoms with Gasteiger partial charge in [-0.2, -0.15) is 0 Å². The summed E-state index contributed by atoms with van der Waals surface area (Å²) in [6.07, 6.45) is 5.52. The minimum Gasteiger partial charge on any atom is -0.374 e. The van der Waals surface area contributed by atoms with Gasteiger partial charge in [0.25, 0.3) is 0 Å². The van der Waals surface area contributed by atoms with Gasteiger partial charge in [0.2, 0.25) is 5.91 Å². The second kappa shape index (κ2) is 6.08. The van der Waals surface area contributed by atoms with Crippen LogP contribution in [-0.2, 0) is 16.0 Å². The molecule has 0 bridgehead atoms. The van der Waals surface area contributed by atoms with E-state index in [1.54, 1.807) is 11.0 Å². The number of benzene rings is 1. The van der Waals surface area contributed by atoms with E-state index in [9.17, 15) is 4.79 Å². The van der Waals surface area contributed by atoms with Crippen molar-refractivity contribution in [2.45, 2.75) is 37.8 Å². The number of ether oxygens (including phenoxy) is 1. The summed E-state index contributed by atoms with van der Waals surface area (Å²) in [4.78, 5) is 14.7. The van der Waals surface area contributed by atoms with Gasteiger partial charge in [-0.3, -0.25) is 4.79 Å². The molecule has 2 fully saturated rings. The molecule has 1 saturated carbocycles. The van der Waals surface area contributed by atoms with E-state index < -0.39 is 0 Å². The first kappa shape index (κ1) is 14.3. The zero-order valence-electron chi connectivity index (χ0n) is 12.8. The summed E-state index contributed by atoms with van der Waals surface area (Å²) in [5, 5.41) is 11.1. The molecule has 2 heterocycles. The van der Waals surface area contributed by atoms with Gasteiger partial charge in [0.1, 0.15) is 6.33 Å². The number of tetrazole rings is 1. The summed E-state index contributed by atoms with van der Waals surface area (Å²) >= 11 is 0. The SMILES string of the molecule is O=C(Cc1ccc(-n2cnnn2)cc1)N1CCO[C@H]2CCC[C@@H]21. The standard InChI is InChI=1S/C16H19N5O2/c22-16(20-8-9-23-15-3-1-2-14(15)20)10-12-4-6-13(7-5-12)21-11-17-18-19-21/h4-7,11,14-15H,1-3,8-10H2/t14-,15-/m0/s1. The van der Waals surface area contributed by atoms with Crippen LogP contribution in [0.3, 0.4) is 0 Å². The van der Waals surface area contributed by atoms with Gasteiger partial charge < -0.3 is 9.64 Å². The molecule has 120 valence electrons. The fraction of sp³-hybridized carbons (Fsp3) is 0.500. The second-order valence-electron chi connectivity index (χ2n) is 6.09. The Balaban J connectivity index is 1.44. The van der Waals surface area contributed by atoms with Crippen LogP contribution in [0.15, 0.2) is 30.6 Å². The third kappa shape index (κ3) is 2.84. The molecule has 2 atom stereocenters. The maximum Gasteiger partial charge on any atom is 0.227 e. The Bertz CT molecular complexity index is 670. The van der Waals surface area contributed by atoms with Gasteiger partial charge in [0.05, 0.1) is 30.9 Å². The number of hydrogen-bond acceptors (Lipinski definition) is 5. The largest absolute Gasteiger partial charge is 0.374 e. The van der Waals surface area contributed by atoms with E-state index in [1.165, 1.54) is 0 Å². The van der Waals surface area contributed by atoms with E-state index in [-0.39, 0.29) is 18.1 Å². The van der Waals surface area contributed by atoms with Crippen LogP contribution < -0.4 is 0 Å². The number of aromatic nitrogens is 4. The summed E-state index contributed by atoms with van der Waals surface area (Å²) in [5.41, 5.74) is 1.89. The van der Waals surface area contributed by atoms with Crippen molar-refractivity contribution in [1.82, 2.24) is 25.1 Å². The highest BCUT2D eigenvalue weighted by molar-refractivity contribution is 5.79. The topological polar surface area (TPSA) is 73.1 Å². The first-order chi connectivity index (χ1) is 11.3. The average molecular weight is 313 g/mol. The molecule has 1 aliphatic carbocycles. The highest BCUT2D eigenvalue weighted by Gasteiger charge is 2.38. The van der Waals surface area contributed by atoms with Gasteiger partial charge >= 0.3 is 0 Å². The molecule has 4 rings (SSSR count). The van der Waals surface area contributed by atoms with Gasteiger partial charge in [0, 0.05) is 6.54 Å². The molecule has 7 nitrogen and oxygen atoms in total. The Morgan fingerprint density at radius 2 is 2.13 bits per heavy atom. The first-order valence-corrected chi connectivity index (χ1v) is 8.04. The molecule has 2 aliphatic rings. The van der Waals surface area contributed by atoms with Crippen LogP contribution in [0.4, 0.5) is 0 Å². The third-order valence-corrected chi connectivity index (χ3v) is 4.71. The van der Waals surface area contributed by atoms with Gasteiger partial charge in [-0.05, 0) is 47.4 Å². The fourth-order valence-electron chi connectivity index (χ4n) is 3.56. The summed E-state index contributed by atoms with van der Waals surface area (Å²) in [6.45, 7) is 1.37. The van der Waals surface area contributed by atoms with Crippen molar-refractivity contribution in [3.8, 4) is 5.69 Å². The van der Waals surface area contributed by atoms with Crippen LogP contribution in [0.25, 0.3) is 5.69 Å². The number of fused-ring (bicyclic) bond motifs is 1. The van der Waals surface area contributed by atoms with Gasteiger partial charge in [-0.1, -0.05) is 12.1 Å². The molecule has 0 spiro atoms. The third-order valence-electron chi connectivity index (χ3n) is 4.71. The number of amides is 1. The summed E-state index contributed by atoms with van der Waals surface area (Å²) < 4.78 is 7.37. The van der Waals surface area contributed by atoms with E-state index in [0.29, 0.717) is 19.6 Å². The van der Waals surface area contributed by atoms with E-state index in [2.05, 4.69) is 15.5 Å². The maximum atomic E-state index is 12.7. The van der Waals surface area contributed by atoms with Crippen molar-refractivity contribution < 1.29 is 9.53 Å². The van der Waals surface area contributed by atoms with E-state index in [4.69, 9.17) is 4.74 Å². The monoisotopic (exact) mass is 313 g/mol. The Kier molecular flexibility index (Phi) is 3.78. The van der Waals surface area contributed by atoms with Crippen molar-refractivity contribution in [2.24, 2.45) is 0 Å². The van der Waals surface area contributed by atoms with E-state index in [0.717, 1.165) is 30.5 Å². The van der Waals surface area contributed by atoms with Gasteiger partial charge in [-0.15, -0.1) is 5.10 Å². The number of rotatable bonds is 3. The molecule has 2 aromatic rings. The number of hydrogen-bond donors (Lipinski definition) is 0.